The van der Waals surface area contributed by atoms with Crippen molar-refractivity contribution in [3.05, 3.63) is 0 Å². The molecule has 4 N–H and O–H groups in total. The standard InChI is InChI=1S/C8H16F2NO6P/c1-18(17)8(9,10)2-5(13)7(15)6(14)3-11(16)4-12/h4-7,13-16,18H,2-3H2,1H3/t5-,6+,7-/m1/s1. The van der Waals surface area contributed by atoms with Gasteiger partial charge in [0.1, 0.15) is 20.0 Å². The molecule has 0 aromatic carbocycles. The van der Waals surface area contributed by atoms with Crippen molar-refractivity contribution in [1.82, 2.24) is 5.06 Å². The minimum Gasteiger partial charge on any atom is -0.390 e. The minimum absolute atomic E-state index is 0.0125. The number of carbonyl (C=O) groups is 1. The summed E-state index contributed by atoms with van der Waals surface area (Å²) in [6.07, 6.45) is -7.21. The van der Waals surface area contributed by atoms with Crippen LogP contribution in [0.25, 0.3) is 0 Å². The lowest BCUT2D eigenvalue weighted by atomic mass is 10.1. The summed E-state index contributed by atoms with van der Waals surface area (Å²) in [5.74, 6) is 0. The highest BCUT2D eigenvalue weighted by molar-refractivity contribution is 7.45. The van der Waals surface area contributed by atoms with E-state index in [-0.39, 0.29) is 11.5 Å². The van der Waals surface area contributed by atoms with Gasteiger partial charge in [0.25, 0.3) is 5.66 Å². The van der Waals surface area contributed by atoms with Gasteiger partial charge in [0, 0.05) is 6.42 Å². The van der Waals surface area contributed by atoms with Crippen molar-refractivity contribution in [2.75, 3.05) is 13.2 Å². The van der Waals surface area contributed by atoms with Crippen LogP contribution >= 0.6 is 7.80 Å². The van der Waals surface area contributed by atoms with Gasteiger partial charge in [0.05, 0.1) is 12.6 Å². The molecule has 1 unspecified atom stereocenters. The summed E-state index contributed by atoms with van der Waals surface area (Å²) in [7, 11) is -3.24. The number of carbonyl (C=O) groups excluding carboxylic acids is 1. The molecule has 10 heteroatoms. The molecule has 0 fully saturated rings. The lowest BCUT2D eigenvalue weighted by molar-refractivity contribution is -0.164. The van der Waals surface area contributed by atoms with E-state index in [0.29, 0.717) is 0 Å². The Morgan fingerprint density at radius 2 is 1.83 bits per heavy atom. The van der Waals surface area contributed by atoms with E-state index in [9.17, 15) is 33.5 Å². The van der Waals surface area contributed by atoms with Crippen LogP contribution in [0.1, 0.15) is 6.42 Å². The molecule has 108 valence electrons. The van der Waals surface area contributed by atoms with Gasteiger partial charge in [-0.1, -0.05) is 0 Å². The Kier molecular flexibility index (Phi) is 6.87. The van der Waals surface area contributed by atoms with Gasteiger partial charge in [-0.05, 0) is 6.66 Å². The number of halogens is 2. The van der Waals surface area contributed by atoms with Crippen LogP contribution in [0, 0.1) is 0 Å². The number of aliphatic hydroxyl groups is 3. The van der Waals surface area contributed by atoms with Crippen LogP contribution in [0.2, 0.25) is 0 Å². The molecule has 0 aliphatic rings. The first-order valence-corrected chi connectivity index (χ1v) is 6.86. The molecular formula is C8H16F2NO6P. The highest BCUT2D eigenvalue weighted by Gasteiger charge is 2.39. The topological polar surface area (TPSA) is 118 Å². The molecule has 0 aromatic rings. The van der Waals surface area contributed by atoms with Gasteiger partial charge in [0.2, 0.25) is 6.41 Å². The second-order valence-corrected chi connectivity index (χ2v) is 5.66. The lowest BCUT2D eigenvalue weighted by Crippen LogP contribution is -2.45. The Morgan fingerprint density at radius 3 is 2.22 bits per heavy atom. The van der Waals surface area contributed by atoms with E-state index in [1.807, 2.05) is 0 Å². The molecule has 0 aromatic heterocycles. The zero-order valence-corrected chi connectivity index (χ0v) is 10.5. The Hall–Kier alpha value is -0.600. The molecule has 0 saturated heterocycles. The summed E-state index contributed by atoms with van der Waals surface area (Å²) in [6, 6.07) is 0. The fraction of sp³-hybridized carbons (Fsp3) is 0.875. The van der Waals surface area contributed by atoms with Crippen molar-refractivity contribution in [2.45, 2.75) is 30.4 Å². The van der Waals surface area contributed by atoms with Gasteiger partial charge in [-0.2, -0.15) is 8.78 Å². The SMILES string of the molecule is C[PH](=O)C(F)(F)C[C@@H](O)[C@@H](O)[C@@H](O)CN(O)C=O. The zero-order chi connectivity index (χ0) is 14.5. The maximum Gasteiger partial charge on any atom is 0.297 e. The van der Waals surface area contributed by atoms with Crippen LogP contribution in [0.5, 0.6) is 0 Å². The van der Waals surface area contributed by atoms with Crippen molar-refractivity contribution >= 4 is 14.2 Å². The summed E-state index contributed by atoms with van der Waals surface area (Å²) >= 11 is 0. The van der Waals surface area contributed by atoms with E-state index < -0.39 is 44.7 Å². The number of nitrogens with zero attached hydrogens (tertiary/aromatic N) is 1. The molecule has 4 atom stereocenters. The summed E-state index contributed by atoms with van der Waals surface area (Å²) in [5.41, 5.74) is -3.64. The first kappa shape index (κ1) is 17.4. The van der Waals surface area contributed by atoms with Crippen LogP contribution in [0.3, 0.4) is 0 Å². The van der Waals surface area contributed by atoms with Crippen molar-refractivity contribution < 1.29 is 38.7 Å². The predicted molar refractivity (Wildman–Crippen MR) is 57.1 cm³/mol. The minimum atomic E-state index is -3.64. The fourth-order valence-electron chi connectivity index (χ4n) is 1.13. The summed E-state index contributed by atoms with van der Waals surface area (Å²) in [5, 5.41) is 36.5. The Balaban J connectivity index is 4.46. The molecule has 0 saturated carbocycles. The van der Waals surface area contributed by atoms with E-state index in [1.165, 1.54) is 0 Å². The van der Waals surface area contributed by atoms with Crippen LogP contribution in [-0.2, 0) is 9.36 Å². The third-order valence-electron chi connectivity index (χ3n) is 2.26. The monoisotopic (exact) mass is 291 g/mol. The van der Waals surface area contributed by atoms with Crippen LogP contribution in [0.4, 0.5) is 8.78 Å². The molecule has 0 aliphatic carbocycles. The smallest absolute Gasteiger partial charge is 0.297 e. The molecule has 0 spiro atoms. The molecule has 0 rings (SSSR count). The van der Waals surface area contributed by atoms with Crippen LogP contribution < -0.4 is 0 Å². The number of hydroxylamine groups is 2. The number of aliphatic hydroxyl groups excluding tert-OH is 3. The Bertz CT molecular complexity index is 305. The molecule has 7 nitrogen and oxygen atoms in total. The number of hydrogen-bond donors (Lipinski definition) is 4. The third-order valence-corrected chi connectivity index (χ3v) is 3.50. The third kappa shape index (κ3) is 5.36. The second-order valence-electron chi connectivity index (χ2n) is 3.82. The summed E-state index contributed by atoms with van der Waals surface area (Å²) in [6.45, 7) is 0.0522. The van der Waals surface area contributed by atoms with E-state index in [2.05, 4.69) is 0 Å². The predicted octanol–water partition coefficient (Wildman–Crippen LogP) is -0.911. The number of alkyl halides is 2. The van der Waals surface area contributed by atoms with Crippen LogP contribution in [-0.4, -0.2) is 69.2 Å². The molecule has 0 aliphatic heterocycles. The average Bonchev–Trinajstić information content (AvgIpc) is 2.26. The van der Waals surface area contributed by atoms with Crippen molar-refractivity contribution in [1.29, 1.82) is 0 Å². The number of hydrogen-bond acceptors (Lipinski definition) is 6. The lowest BCUT2D eigenvalue weighted by Gasteiger charge is -2.26. The van der Waals surface area contributed by atoms with Gasteiger partial charge < -0.3 is 19.9 Å². The van der Waals surface area contributed by atoms with Gasteiger partial charge in [-0.25, -0.2) is 5.06 Å². The first-order chi connectivity index (χ1) is 8.11. The van der Waals surface area contributed by atoms with Crippen LogP contribution in [0.15, 0.2) is 0 Å². The van der Waals surface area contributed by atoms with Gasteiger partial charge >= 0.3 is 0 Å². The zero-order valence-electron chi connectivity index (χ0n) is 9.53. The van der Waals surface area contributed by atoms with Gasteiger partial charge in [-0.15, -0.1) is 0 Å². The highest BCUT2D eigenvalue weighted by atomic mass is 31.1. The first-order valence-electron chi connectivity index (χ1n) is 4.95. The van der Waals surface area contributed by atoms with Gasteiger partial charge in [-0.3, -0.25) is 10.0 Å². The number of rotatable bonds is 8. The Morgan fingerprint density at radius 1 is 1.33 bits per heavy atom. The molecule has 18 heavy (non-hydrogen) atoms. The largest absolute Gasteiger partial charge is 0.390 e. The van der Waals surface area contributed by atoms with E-state index >= 15 is 0 Å². The average molecular weight is 291 g/mol. The van der Waals surface area contributed by atoms with E-state index in [4.69, 9.17) is 5.21 Å². The molecule has 0 heterocycles. The van der Waals surface area contributed by atoms with Crippen molar-refractivity contribution in [2.24, 2.45) is 0 Å². The van der Waals surface area contributed by atoms with E-state index in [0.717, 1.165) is 6.66 Å². The van der Waals surface area contributed by atoms with E-state index in [1.54, 1.807) is 0 Å². The quantitative estimate of drug-likeness (QED) is 0.199. The molecular weight excluding hydrogens is 275 g/mol. The normalized spacial score (nSPS) is 18.8. The summed E-state index contributed by atoms with van der Waals surface area (Å²) in [4.78, 5) is 10.0. The van der Waals surface area contributed by atoms with Crippen molar-refractivity contribution in [3.63, 3.8) is 0 Å². The molecule has 0 radical (unpaired) electrons. The molecule has 0 bridgehead atoms. The highest BCUT2D eigenvalue weighted by Crippen LogP contribution is 2.42. The van der Waals surface area contributed by atoms with Gasteiger partial charge in [0.15, 0.2) is 0 Å². The molecule has 1 amide bonds. The maximum atomic E-state index is 13.0. The van der Waals surface area contributed by atoms with Crippen molar-refractivity contribution in [3.8, 4) is 0 Å². The summed E-state index contributed by atoms with van der Waals surface area (Å²) < 4.78 is 36.7. The maximum absolute atomic E-state index is 13.0. The fourth-order valence-corrected chi connectivity index (χ4v) is 1.62. The number of amides is 1. The Labute approximate surface area is 102 Å². The second kappa shape index (κ2) is 7.10.